The van der Waals surface area contributed by atoms with Gasteiger partial charge in [-0.05, 0) is 25.5 Å². The molecule has 0 aliphatic rings. The molecule has 0 aliphatic carbocycles. The minimum Gasteiger partial charge on any atom is -0.406 e. The first-order valence-corrected chi connectivity index (χ1v) is 5.39. The van der Waals surface area contributed by atoms with Crippen molar-refractivity contribution in [1.29, 1.82) is 0 Å². The van der Waals surface area contributed by atoms with E-state index in [0.717, 1.165) is 11.3 Å². The first kappa shape index (κ1) is 11.5. The summed E-state index contributed by atoms with van der Waals surface area (Å²) in [5, 5.41) is 10.7. The van der Waals surface area contributed by atoms with Gasteiger partial charge in [0, 0.05) is 18.4 Å². The number of hydrogen-bond acceptors (Lipinski definition) is 6. The molecule has 1 atom stereocenters. The van der Waals surface area contributed by atoms with Crippen molar-refractivity contribution in [1.82, 2.24) is 15.2 Å². The predicted octanol–water partition coefficient (Wildman–Crippen LogP) is 1.40. The Morgan fingerprint density at radius 2 is 2.24 bits per heavy atom. The van der Waals surface area contributed by atoms with E-state index in [0.29, 0.717) is 18.5 Å². The molecule has 0 radical (unpaired) electrons. The van der Waals surface area contributed by atoms with Gasteiger partial charge in [0.2, 0.25) is 5.89 Å². The van der Waals surface area contributed by atoms with Gasteiger partial charge in [0.1, 0.15) is 0 Å². The third-order valence-corrected chi connectivity index (χ3v) is 2.25. The van der Waals surface area contributed by atoms with Crippen LogP contribution in [-0.2, 0) is 6.54 Å². The first-order chi connectivity index (χ1) is 8.15. The van der Waals surface area contributed by atoms with E-state index in [1.165, 1.54) is 0 Å². The molecule has 0 aromatic carbocycles. The Balaban J connectivity index is 1.95. The van der Waals surface area contributed by atoms with E-state index < -0.39 is 0 Å². The van der Waals surface area contributed by atoms with Crippen LogP contribution in [0.15, 0.2) is 22.7 Å². The zero-order valence-corrected chi connectivity index (χ0v) is 9.84. The monoisotopic (exact) mass is 233 g/mol. The molecule has 2 aromatic heterocycles. The van der Waals surface area contributed by atoms with Crippen LogP contribution in [-0.4, -0.2) is 15.2 Å². The lowest BCUT2D eigenvalue weighted by Crippen LogP contribution is -2.04. The molecule has 0 fully saturated rings. The molecule has 0 bridgehead atoms. The van der Waals surface area contributed by atoms with Crippen LogP contribution >= 0.6 is 0 Å². The maximum Gasteiger partial charge on any atom is 0.315 e. The Bertz CT molecular complexity index is 477. The number of nitrogens with one attached hydrogen (secondary N) is 1. The molecule has 0 spiro atoms. The Morgan fingerprint density at radius 3 is 2.82 bits per heavy atom. The highest BCUT2D eigenvalue weighted by Gasteiger charge is 2.09. The van der Waals surface area contributed by atoms with Gasteiger partial charge in [-0.3, -0.25) is 4.98 Å². The highest BCUT2D eigenvalue weighted by atomic mass is 16.4. The summed E-state index contributed by atoms with van der Waals surface area (Å²) < 4.78 is 5.31. The lowest BCUT2D eigenvalue weighted by atomic mass is 10.2. The summed E-state index contributed by atoms with van der Waals surface area (Å²) in [4.78, 5) is 4.20. The Kier molecular flexibility index (Phi) is 3.34. The van der Waals surface area contributed by atoms with Crippen molar-refractivity contribution in [3.05, 3.63) is 35.5 Å². The zero-order chi connectivity index (χ0) is 12.3. The normalized spacial score (nSPS) is 12.4. The second-order valence-corrected chi connectivity index (χ2v) is 3.90. The fraction of sp³-hybridized carbons (Fsp3) is 0.364. The summed E-state index contributed by atoms with van der Waals surface area (Å²) in [5.74, 6) is 0.425. The van der Waals surface area contributed by atoms with Crippen molar-refractivity contribution in [2.24, 2.45) is 5.73 Å². The van der Waals surface area contributed by atoms with Crippen LogP contribution < -0.4 is 11.1 Å². The number of pyridine rings is 1. The van der Waals surface area contributed by atoms with Gasteiger partial charge in [-0.25, -0.2) is 0 Å². The highest BCUT2D eigenvalue weighted by molar-refractivity contribution is 5.22. The molecular weight excluding hydrogens is 218 g/mol. The quantitative estimate of drug-likeness (QED) is 0.829. The van der Waals surface area contributed by atoms with Crippen LogP contribution in [0.1, 0.15) is 30.1 Å². The average molecular weight is 233 g/mol. The number of rotatable bonds is 4. The van der Waals surface area contributed by atoms with Gasteiger partial charge < -0.3 is 15.5 Å². The second kappa shape index (κ2) is 4.92. The molecule has 0 aliphatic heterocycles. The van der Waals surface area contributed by atoms with Gasteiger partial charge >= 0.3 is 6.01 Å². The maximum atomic E-state index is 5.62. The fourth-order valence-corrected chi connectivity index (χ4v) is 1.27. The summed E-state index contributed by atoms with van der Waals surface area (Å²) in [6.07, 6.45) is 1.81. The molecule has 0 amide bonds. The molecule has 6 nitrogen and oxygen atoms in total. The largest absolute Gasteiger partial charge is 0.406 e. The van der Waals surface area contributed by atoms with E-state index in [1.54, 1.807) is 6.92 Å². The molecule has 2 heterocycles. The number of nitrogens with two attached hydrogens (primary N) is 1. The van der Waals surface area contributed by atoms with Gasteiger partial charge in [-0.1, -0.05) is 11.2 Å². The van der Waals surface area contributed by atoms with E-state index in [2.05, 4.69) is 20.5 Å². The van der Waals surface area contributed by atoms with Crippen molar-refractivity contribution in [2.75, 3.05) is 5.32 Å². The van der Waals surface area contributed by atoms with Crippen LogP contribution in [0.3, 0.4) is 0 Å². The molecule has 2 aromatic rings. The van der Waals surface area contributed by atoms with Crippen molar-refractivity contribution >= 4 is 6.01 Å². The zero-order valence-electron chi connectivity index (χ0n) is 9.84. The minimum atomic E-state index is -0.251. The van der Waals surface area contributed by atoms with E-state index in [-0.39, 0.29) is 6.04 Å². The van der Waals surface area contributed by atoms with Crippen molar-refractivity contribution < 1.29 is 4.42 Å². The standard InChI is InChI=1S/C11H15N5O/c1-7-3-4-9(5-13-7)6-14-11-16-15-10(17-11)8(2)12/h3-5,8H,6,12H2,1-2H3,(H,14,16). The lowest BCUT2D eigenvalue weighted by Gasteiger charge is -2.01. The molecule has 90 valence electrons. The maximum absolute atomic E-state index is 5.62. The van der Waals surface area contributed by atoms with E-state index in [4.69, 9.17) is 10.2 Å². The van der Waals surface area contributed by atoms with Gasteiger partial charge in [-0.15, -0.1) is 5.10 Å². The first-order valence-electron chi connectivity index (χ1n) is 5.39. The van der Waals surface area contributed by atoms with Crippen molar-refractivity contribution in [3.8, 4) is 0 Å². The van der Waals surface area contributed by atoms with E-state index in [1.807, 2.05) is 25.3 Å². The van der Waals surface area contributed by atoms with Crippen LogP contribution in [0.2, 0.25) is 0 Å². The third-order valence-electron chi connectivity index (χ3n) is 2.25. The predicted molar refractivity (Wildman–Crippen MR) is 63.2 cm³/mol. The Morgan fingerprint density at radius 1 is 1.41 bits per heavy atom. The molecule has 2 rings (SSSR count). The minimum absolute atomic E-state index is 0.251. The molecule has 0 saturated heterocycles. The molecule has 0 saturated carbocycles. The molecule has 17 heavy (non-hydrogen) atoms. The van der Waals surface area contributed by atoms with Crippen LogP contribution in [0.25, 0.3) is 0 Å². The lowest BCUT2D eigenvalue weighted by molar-refractivity contribution is 0.472. The van der Waals surface area contributed by atoms with Gasteiger partial charge in [-0.2, -0.15) is 0 Å². The summed E-state index contributed by atoms with van der Waals surface area (Å²) >= 11 is 0. The molecule has 1 unspecified atom stereocenters. The second-order valence-electron chi connectivity index (χ2n) is 3.90. The van der Waals surface area contributed by atoms with Crippen LogP contribution in [0, 0.1) is 6.92 Å². The van der Waals surface area contributed by atoms with E-state index >= 15 is 0 Å². The van der Waals surface area contributed by atoms with Gasteiger partial charge in [0.05, 0.1) is 6.04 Å². The number of anilines is 1. The SMILES string of the molecule is Cc1ccc(CNc2nnc(C(C)N)o2)cn1. The van der Waals surface area contributed by atoms with Crippen molar-refractivity contribution in [2.45, 2.75) is 26.4 Å². The number of aryl methyl sites for hydroxylation is 1. The van der Waals surface area contributed by atoms with Crippen molar-refractivity contribution in [3.63, 3.8) is 0 Å². The van der Waals surface area contributed by atoms with E-state index in [9.17, 15) is 0 Å². The summed E-state index contributed by atoms with van der Waals surface area (Å²) in [5.41, 5.74) is 7.66. The van der Waals surface area contributed by atoms with Gasteiger partial charge in [0.15, 0.2) is 0 Å². The summed E-state index contributed by atoms with van der Waals surface area (Å²) in [6, 6.07) is 4.08. The highest BCUT2D eigenvalue weighted by Crippen LogP contribution is 2.12. The summed E-state index contributed by atoms with van der Waals surface area (Å²) in [7, 11) is 0. The smallest absolute Gasteiger partial charge is 0.315 e. The number of aromatic nitrogens is 3. The Hall–Kier alpha value is -1.95. The van der Waals surface area contributed by atoms with Gasteiger partial charge in [0.25, 0.3) is 0 Å². The summed E-state index contributed by atoms with van der Waals surface area (Å²) in [6.45, 7) is 4.33. The van der Waals surface area contributed by atoms with Crippen LogP contribution in [0.5, 0.6) is 0 Å². The Labute approximate surface area is 99.3 Å². The molecular formula is C11H15N5O. The number of nitrogens with zero attached hydrogens (tertiary/aromatic N) is 3. The fourth-order valence-electron chi connectivity index (χ4n) is 1.27. The molecule has 3 N–H and O–H groups in total. The topological polar surface area (TPSA) is 89.9 Å². The molecule has 6 heteroatoms. The number of hydrogen-bond donors (Lipinski definition) is 2. The third kappa shape index (κ3) is 3.01. The van der Waals surface area contributed by atoms with Crippen LogP contribution in [0.4, 0.5) is 6.01 Å². The average Bonchev–Trinajstić information content (AvgIpc) is 2.77.